The van der Waals surface area contributed by atoms with E-state index in [-0.39, 0.29) is 5.11 Å². The summed E-state index contributed by atoms with van der Waals surface area (Å²) in [5.74, 6) is 0. The Kier molecular flexibility index (Phi) is 3.07. The molecule has 0 aliphatic rings. The van der Waals surface area contributed by atoms with Gasteiger partial charge in [-0.25, -0.2) is 0 Å². The van der Waals surface area contributed by atoms with Gasteiger partial charge < -0.3 is 11.1 Å². The standard InChI is InChI=1S/C8H6ClN3S/c9-7-2-1-6(12-8(11)13)3-5(7)4-10/h1-3H,(H3,11,12,13). The number of benzene rings is 1. The van der Waals surface area contributed by atoms with Crippen molar-refractivity contribution in [2.45, 2.75) is 0 Å². The van der Waals surface area contributed by atoms with E-state index in [2.05, 4.69) is 17.5 Å². The maximum Gasteiger partial charge on any atom is 0.168 e. The molecule has 0 unspecified atom stereocenters. The first-order chi connectivity index (χ1) is 6.13. The Bertz CT molecular complexity index is 383. The van der Waals surface area contributed by atoms with Crippen LogP contribution in [0.2, 0.25) is 5.02 Å². The van der Waals surface area contributed by atoms with Gasteiger partial charge in [-0.1, -0.05) is 11.6 Å². The zero-order valence-corrected chi connectivity index (χ0v) is 8.12. The monoisotopic (exact) mass is 211 g/mol. The normalized spacial score (nSPS) is 8.92. The summed E-state index contributed by atoms with van der Waals surface area (Å²) in [7, 11) is 0. The second-order valence-corrected chi connectivity index (χ2v) is 3.14. The molecule has 1 aromatic carbocycles. The first kappa shape index (κ1) is 9.78. The Morgan fingerprint density at radius 3 is 2.85 bits per heavy atom. The summed E-state index contributed by atoms with van der Waals surface area (Å²) >= 11 is 10.4. The second-order valence-electron chi connectivity index (χ2n) is 2.30. The minimum atomic E-state index is 0.159. The minimum Gasteiger partial charge on any atom is -0.376 e. The first-order valence-electron chi connectivity index (χ1n) is 3.39. The van der Waals surface area contributed by atoms with Crippen LogP contribution in [0.5, 0.6) is 0 Å². The molecular weight excluding hydrogens is 206 g/mol. The smallest absolute Gasteiger partial charge is 0.168 e. The van der Waals surface area contributed by atoms with Crippen LogP contribution in [0, 0.1) is 11.3 Å². The number of nitrogens with two attached hydrogens (primary N) is 1. The van der Waals surface area contributed by atoms with E-state index in [1.54, 1.807) is 18.2 Å². The molecule has 0 saturated carbocycles. The number of anilines is 1. The van der Waals surface area contributed by atoms with Gasteiger partial charge in [0.25, 0.3) is 0 Å². The highest BCUT2D eigenvalue weighted by Gasteiger charge is 2.00. The Labute approximate surface area is 86.1 Å². The Hall–Kier alpha value is -1.31. The van der Waals surface area contributed by atoms with Crippen LogP contribution < -0.4 is 11.1 Å². The van der Waals surface area contributed by atoms with Gasteiger partial charge in [0.1, 0.15) is 6.07 Å². The molecule has 3 nitrogen and oxygen atoms in total. The maximum absolute atomic E-state index is 8.65. The highest BCUT2D eigenvalue weighted by Crippen LogP contribution is 2.19. The van der Waals surface area contributed by atoms with E-state index < -0.39 is 0 Å². The van der Waals surface area contributed by atoms with Crippen LogP contribution >= 0.6 is 23.8 Å². The number of halogens is 1. The SMILES string of the molecule is N#Cc1cc(NC(N)=S)ccc1Cl. The molecular formula is C8H6ClN3S. The summed E-state index contributed by atoms with van der Waals surface area (Å²) in [5.41, 5.74) is 6.31. The van der Waals surface area contributed by atoms with Crippen LogP contribution in [0.3, 0.4) is 0 Å². The highest BCUT2D eigenvalue weighted by atomic mass is 35.5. The van der Waals surface area contributed by atoms with Gasteiger partial charge in [-0.3, -0.25) is 0 Å². The van der Waals surface area contributed by atoms with Gasteiger partial charge >= 0.3 is 0 Å². The molecule has 5 heteroatoms. The lowest BCUT2D eigenvalue weighted by molar-refractivity contribution is 1.48. The van der Waals surface area contributed by atoms with Crippen molar-refractivity contribution >= 4 is 34.6 Å². The first-order valence-corrected chi connectivity index (χ1v) is 4.18. The van der Waals surface area contributed by atoms with Crippen molar-refractivity contribution in [2.75, 3.05) is 5.32 Å². The van der Waals surface area contributed by atoms with E-state index in [4.69, 9.17) is 22.6 Å². The molecule has 0 radical (unpaired) electrons. The predicted molar refractivity (Wildman–Crippen MR) is 56.6 cm³/mol. The third-order valence-electron chi connectivity index (χ3n) is 1.35. The van der Waals surface area contributed by atoms with Crippen molar-refractivity contribution in [1.82, 2.24) is 0 Å². The van der Waals surface area contributed by atoms with Crippen molar-refractivity contribution < 1.29 is 0 Å². The molecule has 66 valence electrons. The summed E-state index contributed by atoms with van der Waals surface area (Å²) in [6.07, 6.45) is 0. The summed E-state index contributed by atoms with van der Waals surface area (Å²) in [5, 5.41) is 11.9. The van der Waals surface area contributed by atoms with Crippen LogP contribution in [-0.2, 0) is 0 Å². The molecule has 0 aliphatic heterocycles. The van der Waals surface area contributed by atoms with E-state index in [1.165, 1.54) is 0 Å². The highest BCUT2D eigenvalue weighted by molar-refractivity contribution is 7.80. The summed E-state index contributed by atoms with van der Waals surface area (Å²) in [6, 6.07) is 6.85. The van der Waals surface area contributed by atoms with Crippen LogP contribution in [0.25, 0.3) is 0 Å². The minimum absolute atomic E-state index is 0.159. The van der Waals surface area contributed by atoms with Crippen molar-refractivity contribution in [3.8, 4) is 6.07 Å². The lowest BCUT2D eigenvalue weighted by atomic mass is 10.2. The molecule has 0 atom stereocenters. The molecule has 0 amide bonds. The fraction of sp³-hybridized carbons (Fsp3) is 0. The average molecular weight is 212 g/mol. The lowest BCUT2D eigenvalue weighted by Crippen LogP contribution is -2.18. The van der Waals surface area contributed by atoms with Gasteiger partial charge in [-0.2, -0.15) is 5.26 Å². The number of nitrogens with one attached hydrogen (secondary N) is 1. The lowest BCUT2D eigenvalue weighted by Gasteiger charge is -2.03. The number of nitriles is 1. The Morgan fingerprint density at radius 1 is 1.62 bits per heavy atom. The van der Waals surface area contributed by atoms with E-state index in [1.807, 2.05) is 6.07 Å². The van der Waals surface area contributed by atoms with Gasteiger partial charge in [0.15, 0.2) is 5.11 Å². The van der Waals surface area contributed by atoms with Gasteiger partial charge in [-0.15, -0.1) is 0 Å². The van der Waals surface area contributed by atoms with Gasteiger partial charge in [0.2, 0.25) is 0 Å². The van der Waals surface area contributed by atoms with Crippen molar-refractivity contribution in [3.05, 3.63) is 28.8 Å². The van der Waals surface area contributed by atoms with E-state index in [0.29, 0.717) is 16.3 Å². The molecule has 3 N–H and O–H groups in total. The molecule has 0 aliphatic carbocycles. The molecule has 13 heavy (non-hydrogen) atoms. The predicted octanol–water partition coefficient (Wildman–Crippen LogP) is 1.87. The van der Waals surface area contributed by atoms with Crippen LogP contribution in [0.4, 0.5) is 5.69 Å². The van der Waals surface area contributed by atoms with Gasteiger partial charge in [0, 0.05) is 5.69 Å². The molecule has 0 fully saturated rings. The summed E-state index contributed by atoms with van der Waals surface area (Å²) in [6.45, 7) is 0. The molecule has 1 aromatic rings. The molecule has 0 aromatic heterocycles. The molecule has 0 spiro atoms. The molecule has 0 bridgehead atoms. The molecule has 0 saturated heterocycles. The Morgan fingerprint density at radius 2 is 2.31 bits per heavy atom. The summed E-state index contributed by atoms with van der Waals surface area (Å²) < 4.78 is 0. The number of thiocarbonyl (C=S) groups is 1. The van der Waals surface area contributed by atoms with Crippen LogP contribution in [-0.4, -0.2) is 5.11 Å². The van der Waals surface area contributed by atoms with Gasteiger partial charge in [-0.05, 0) is 30.4 Å². The molecule has 0 heterocycles. The number of hydrogen-bond acceptors (Lipinski definition) is 2. The third-order valence-corrected chi connectivity index (χ3v) is 1.79. The van der Waals surface area contributed by atoms with E-state index in [0.717, 1.165) is 0 Å². The zero-order valence-electron chi connectivity index (χ0n) is 6.54. The quantitative estimate of drug-likeness (QED) is 0.697. The topological polar surface area (TPSA) is 61.8 Å². The number of rotatable bonds is 1. The summed E-state index contributed by atoms with van der Waals surface area (Å²) in [4.78, 5) is 0. The van der Waals surface area contributed by atoms with Crippen molar-refractivity contribution in [2.24, 2.45) is 5.73 Å². The maximum atomic E-state index is 8.65. The second kappa shape index (κ2) is 4.08. The van der Waals surface area contributed by atoms with Gasteiger partial charge in [0.05, 0.1) is 10.6 Å². The number of hydrogen-bond donors (Lipinski definition) is 2. The van der Waals surface area contributed by atoms with Crippen molar-refractivity contribution in [3.63, 3.8) is 0 Å². The largest absolute Gasteiger partial charge is 0.376 e. The van der Waals surface area contributed by atoms with E-state index in [9.17, 15) is 0 Å². The van der Waals surface area contributed by atoms with Crippen LogP contribution in [0.15, 0.2) is 18.2 Å². The fourth-order valence-electron chi connectivity index (χ4n) is 0.831. The fourth-order valence-corrected chi connectivity index (χ4v) is 1.11. The van der Waals surface area contributed by atoms with Crippen molar-refractivity contribution in [1.29, 1.82) is 5.26 Å². The zero-order chi connectivity index (χ0) is 9.84. The third kappa shape index (κ3) is 2.58. The van der Waals surface area contributed by atoms with E-state index >= 15 is 0 Å². The molecule has 1 rings (SSSR count). The number of nitrogens with zero attached hydrogens (tertiary/aromatic N) is 1. The van der Waals surface area contributed by atoms with Crippen LogP contribution in [0.1, 0.15) is 5.56 Å². The Balaban J connectivity index is 3.01. The average Bonchev–Trinajstić information content (AvgIpc) is 2.07.